The van der Waals surface area contributed by atoms with Gasteiger partial charge in [-0.3, -0.25) is 15.5 Å². The second kappa shape index (κ2) is 5.81. The van der Waals surface area contributed by atoms with E-state index in [2.05, 4.69) is 31.2 Å². The fourth-order valence-corrected chi connectivity index (χ4v) is 2.70. The van der Waals surface area contributed by atoms with E-state index in [4.69, 9.17) is 5.84 Å². The zero-order valence-electron chi connectivity index (χ0n) is 12.7. The number of likely N-dealkylation sites (N-methyl/N-ethyl adjacent to an activating group) is 1. The molecule has 1 aromatic rings. The number of nitrogen functional groups attached to an aromatic ring is 1. The third kappa shape index (κ3) is 2.78. The lowest BCUT2D eigenvalue weighted by molar-refractivity contribution is 0.0415. The van der Waals surface area contributed by atoms with Gasteiger partial charge in [0.2, 0.25) is 0 Å². The van der Waals surface area contributed by atoms with Gasteiger partial charge in [-0.1, -0.05) is 6.07 Å². The van der Waals surface area contributed by atoms with Crippen LogP contribution in [0.2, 0.25) is 0 Å². The summed E-state index contributed by atoms with van der Waals surface area (Å²) in [5.41, 5.74) is 5.04. The molecule has 0 spiro atoms. The van der Waals surface area contributed by atoms with Crippen molar-refractivity contribution in [2.75, 3.05) is 25.6 Å². The van der Waals surface area contributed by atoms with Crippen molar-refractivity contribution in [3.8, 4) is 0 Å². The van der Waals surface area contributed by atoms with Gasteiger partial charge in [0.05, 0.1) is 11.3 Å². The molecule has 110 valence electrons. The molecule has 0 bridgehead atoms. The van der Waals surface area contributed by atoms with Crippen LogP contribution < -0.4 is 11.3 Å². The molecular weight excluding hydrogens is 252 g/mol. The first kappa shape index (κ1) is 14.8. The van der Waals surface area contributed by atoms with Crippen LogP contribution in [0, 0.1) is 6.92 Å². The fraction of sp³-hybridized carbons (Fsp3) is 0.533. The van der Waals surface area contributed by atoms with Gasteiger partial charge in [-0.2, -0.15) is 0 Å². The van der Waals surface area contributed by atoms with Crippen molar-refractivity contribution >= 4 is 11.6 Å². The number of carbonyl (C=O) groups excluding carboxylic acids is 1. The Kier molecular flexibility index (Phi) is 4.30. The Hall–Kier alpha value is -1.59. The van der Waals surface area contributed by atoms with Gasteiger partial charge >= 0.3 is 0 Å². The number of nitrogens with zero attached hydrogens (tertiary/aromatic N) is 2. The highest BCUT2D eigenvalue weighted by Crippen LogP contribution is 2.21. The van der Waals surface area contributed by atoms with Crippen LogP contribution in [0.4, 0.5) is 5.69 Å². The Labute approximate surface area is 120 Å². The van der Waals surface area contributed by atoms with E-state index in [0.717, 1.165) is 18.7 Å². The molecule has 20 heavy (non-hydrogen) atoms. The number of hydrogen-bond donors (Lipinski definition) is 2. The van der Waals surface area contributed by atoms with E-state index >= 15 is 0 Å². The number of hydrazine groups is 1. The van der Waals surface area contributed by atoms with E-state index in [0.29, 0.717) is 23.3 Å². The molecule has 1 aliphatic rings. The van der Waals surface area contributed by atoms with Crippen molar-refractivity contribution in [1.82, 2.24) is 9.80 Å². The maximum Gasteiger partial charge on any atom is 0.256 e. The average Bonchev–Trinajstić information content (AvgIpc) is 2.43. The molecule has 1 saturated heterocycles. The van der Waals surface area contributed by atoms with Crippen LogP contribution in [-0.4, -0.2) is 47.9 Å². The van der Waals surface area contributed by atoms with E-state index in [1.807, 2.05) is 30.0 Å². The van der Waals surface area contributed by atoms with Gasteiger partial charge in [-0.15, -0.1) is 0 Å². The number of rotatable bonds is 2. The quantitative estimate of drug-likeness (QED) is 0.634. The molecule has 0 aromatic heterocycles. The normalized spacial score (nSPS) is 23.8. The number of hydrogen-bond acceptors (Lipinski definition) is 4. The molecular formula is C15H24N4O. The second-order valence-corrected chi connectivity index (χ2v) is 5.77. The summed E-state index contributed by atoms with van der Waals surface area (Å²) in [7, 11) is 2.11. The summed E-state index contributed by atoms with van der Waals surface area (Å²) in [6.45, 7) is 7.77. The van der Waals surface area contributed by atoms with E-state index in [1.54, 1.807) is 0 Å². The molecule has 1 amide bonds. The average molecular weight is 276 g/mol. The van der Waals surface area contributed by atoms with Gasteiger partial charge in [-0.05, 0) is 45.5 Å². The standard InChI is InChI=1S/C15H24N4O/c1-10-5-6-13(14(7-10)17-16)15(20)19-8-11(2)18(4)12(3)9-19/h5-7,11-12,17H,8-9,16H2,1-4H3. The number of nitrogens with two attached hydrogens (primary N) is 1. The van der Waals surface area contributed by atoms with E-state index in [1.165, 1.54) is 0 Å². The van der Waals surface area contributed by atoms with Crippen molar-refractivity contribution in [1.29, 1.82) is 0 Å². The number of anilines is 1. The summed E-state index contributed by atoms with van der Waals surface area (Å²) in [6.07, 6.45) is 0. The van der Waals surface area contributed by atoms with Crippen LogP contribution in [0.5, 0.6) is 0 Å². The van der Waals surface area contributed by atoms with E-state index in [-0.39, 0.29) is 5.91 Å². The molecule has 2 unspecified atom stereocenters. The third-order valence-corrected chi connectivity index (χ3v) is 4.21. The minimum Gasteiger partial charge on any atom is -0.335 e. The highest BCUT2D eigenvalue weighted by molar-refractivity contribution is 5.99. The first-order valence-electron chi connectivity index (χ1n) is 7.02. The highest BCUT2D eigenvalue weighted by atomic mass is 16.2. The van der Waals surface area contributed by atoms with Gasteiger partial charge < -0.3 is 10.3 Å². The predicted molar refractivity (Wildman–Crippen MR) is 81.6 cm³/mol. The molecule has 0 saturated carbocycles. The second-order valence-electron chi connectivity index (χ2n) is 5.77. The summed E-state index contributed by atoms with van der Waals surface area (Å²) in [5.74, 6) is 5.58. The molecule has 2 atom stereocenters. The van der Waals surface area contributed by atoms with Gasteiger partial charge in [0, 0.05) is 25.2 Å². The topological polar surface area (TPSA) is 61.6 Å². The van der Waals surface area contributed by atoms with Gasteiger partial charge in [0.1, 0.15) is 0 Å². The number of amides is 1. The fourth-order valence-electron chi connectivity index (χ4n) is 2.70. The molecule has 1 aromatic carbocycles. The Morgan fingerprint density at radius 3 is 2.45 bits per heavy atom. The lowest BCUT2D eigenvalue weighted by Gasteiger charge is -2.42. The smallest absolute Gasteiger partial charge is 0.256 e. The number of aryl methyl sites for hydroxylation is 1. The predicted octanol–water partition coefficient (Wildman–Crippen LogP) is 1.45. The number of carbonyl (C=O) groups is 1. The molecule has 5 heteroatoms. The first-order valence-corrected chi connectivity index (χ1v) is 7.02. The molecule has 3 N–H and O–H groups in total. The summed E-state index contributed by atoms with van der Waals surface area (Å²) >= 11 is 0. The zero-order valence-corrected chi connectivity index (χ0v) is 12.7. The monoisotopic (exact) mass is 276 g/mol. The molecule has 1 aliphatic heterocycles. The minimum atomic E-state index is 0.0461. The largest absolute Gasteiger partial charge is 0.335 e. The lowest BCUT2D eigenvalue weighted by atomic mass is 10.1. The maximum absolute atomic E-state index is 12.7. The molecule has 1 heterocycles. The summed E-state index contributed by atoms with van der Waals surface area (Å²) in [6, 6.07) is 6.41. The summed E-state index contributed by atoms with van der Waals surface area (Å²) in [4.78, 5) is 16.9. The number of nitrogens with one attached hydrogen (secondary N) is 1. The van der Waals surface area contributed by atoms with Crippen LogP contribution in [0.3, 0.4) is 0 Å². The van der Waals surface area contributed by atoms with Crippen molar-refractivity contribution < 1.29 is 4.79 Å². The van der Waals surface area contributed by atoms with Crippen molar-refractivity contribution in [3.05, 3.63) is 29.3 Å². The maximum atomic E-state index is 12.7. The number of piperazine rings is 1. The van der Waals surface area contributed by atoms with Crippen LogP contribution in [0.15, 0.2) is 18.2 Å². The third-order valence-electron chi connectivity index (χ3n) is 4.21. The van der Waals surface area contributed by atoms with Crippen molar-refractivity contribution in [3.63, 3.8) is 0 Å². The first-order chi connectivity index (χ1) is 9.43. The minimum absolute atomic E-state index is 0.0461. The Morgan fingerprint density at radius 2 is 1.90 bits per heavy atom. The Bertz CT molecular complexity index is 491. The molecule has 2 rings (SSSR count). The SMILES string of the molecule is Cc1ccc(C(=O)N2CC(C)N(C)C(C)C2)c(NN)c1. The number of benzene rings is 1. The summed E-state index contributed by atoms with van der Waals surface area (Å²) in [5, 5.41) is 0. The van der Waals surface area contributed by atoms with Crippen molar-refractivity contribution in [2.45, 2.75) is 32.9 Å². The highest BCUT2D eigenvalue weighted by Gasteiger charge is 2.30. The van der Waals surface area contributed by atoms with Crippen molar-refractivity contribution in [2.24, 2.45) is 5.84 Å². The molecule has 0 radical (unpaired) electrons. The van der Waals surface area contributed by atoms with Crippen LogP contribution in [-0.2, 0) is 0 Å². The van der Waals surface area contributed by atoms with E-state index < -0.39 is 0 Å². The van der Waals surface area contributed by atoms with E-state index in [9.17, 15) is 4.79 Å². The Morgan fingerprint density at radius 1 is 1.30 bits per heavy atom. The zero-order chi connectivity index (χ0) is 14.9. The van der Waals surface area contributed by atoms with Gasteiger partial charge in [0.25, 0.3) is 5.91 Å². The van der Waals surface area contributed by atoms with Crippen LogP contribution in [0.25, 0.3) is 0 Å². The molecule has 0 aliphatic carbocycles. The lowest BCUT2D eigenvalue weighted by Crippen LogP contribution is -2.56. The Balaban J connectivity index is 2.23. The van der Waals surface area contributed by atoms with Crippen LogP contribution in [0.1, 0.15) is 29.8 Å². The van der Waals surface area contributed by atoms with Crippen LogP contribution >= 0.6 is 0 Å². The summed E-state index contributed by atoms with van der Waals surface area (Å²) < 4.78 is 0. The van der Waals surface area contributed by atoms with Gasteiger partial charge in [0.15, 0.2) is 0 Å². The van der Waals surface area contributed by atoms with Gasteiger partial charge in [-0.25, -0.2) is 0 Å². The molecule has 1 fully saturated rings. The molecule has 5 nitrogen and oxygen atoms in total.